The monoisotopic (exact) mass is 340 g/mol. The fourth-order valence-corrected chi connectivity index (χ4v) is 2.95. The van der Waals surface area contributed by atoms with E-state index in [1.165, 1.54) is 4.68 Å². The summed E-state index contributed by atoms with van der Waals surface area (Å²) in [6, 6.07) is 9.66. The van der Waals surface area contributed by atoms with Crippen LogP contribution in [0.2, 0.25) is 0 Å². The third kappa shape index (κ3) is 4.28. The normalized spacial score (nSPS) is 15.7. The fraction of sp³-hybridized carbons (Fsp3) is 0.368. The average Bonchev–Trinajstić information content (AvgIpc) is 2.65. The van der Waals surface area contributed by atoms with Crippen LogP contribution in [0.1, 0.15) is 5.56 Å². The third-order valence-electron chi connectivity index (χ3n) is 4.49. The number of ether oxygens (including phenoxy) is 1. The van der Waals surface area contributed by atoms with Gasteiger partial charge in [-0.2, -0.15) is 5.10 Å². The Bertz CT molecular complexity index is 792. The molecule has 0 spiro atoms. The van der Waals surface area contributed by atoms with Gasteiger partial charge in [-0.1, -0.05) is 30.4 Å². The minimum absolute atomic E-state index is 0.0697. The Labute approximate surface area is 147 Å². The second kappa shape index (κ2) is 7.98. The van der Waals surface area contributed by atoms with Crippen LogP contribution in [0, 0.1) is 0 Å². The fourth-order valence-electron chi connectivity index (χ4n) is 2.95. The molecule has 1 aliphatic rings. The Morgan fingerprint density at radius 1 is 1.20 bits per heavy atom. The molecule has 0 amide bonds. The molecule has 0 atom stereocenters. The van der Waals surface area contributed by atoms with Crippen molar-refractivity contribution in [3.8, 4) is 5.75 Å². The molecule has 0 N–H and O–H groups in total. The van der Waals surface area contributed by atoms with Gasteiger partial charge in [-0.3, -0.25) is 9.69 Å². The summed E-state index contributed by atoms with van der Waals surface area (Å²) in [7, 11) is 3.36. The molecule has 25 heavy (non-hydrogen) atoms. The smallest absolute Gasteiger partial charge is 0.268 e. The molecule has 1 saturated heterocycles. The zero-order chi connectivity index (χ0) is 17.6. The van der Waals surface area contributed by atoms with Crippen molar-refractivity contribution in [3.05, 3.63) is 58.5 Å². The number of aromatic nitrogens is 2. The lowest BCUT2D eigenvalue weighted by molar-refractivity contribution is 0.284. The standard InChI is InChI=1S/C19H24N4O2/c1-21-19(24)14-17(15-20-21)23-12-10-22(11-13-23)9-5-7-16-6-3-4-8-18(16)25-2/h3-8,14-15H,9-13H2,1-2H3/b7-5+. The van der Waals surface area contributed by atoms with Gasteiger partial charge < -0.3 is 9.64 Å². The molecule has 1 aromatic carbocycles. The number of rotatable bonds is 5. The van der Waals surface area contributed by atoms with Crippen LogP contribution in [0.25, 0.3) is 6.08 Å². The van der Waals surface area contributed by atoms with Crippen LogP contribution in [0.5, 0.6) is 5.75 Å². The molecule has 0 radical (unpaired) electrons. The lowest BCUT2D eigenvalue weighted by Gasteiger charge is -2.35. The number of hydrogen-bond donors (Lipinski definition) is 0. The number of methoxy groups -OCH3 is 1. The summed E-state index contributed by atoms with van der Waals surface area (Å²) in [5.41, 5.74) is 1.93. The average molecular weight is 340 g/mol. The lowest BCUT2D eigenvalue weighted by atomic mass is 10.2. The van der Waals surface area contributed by atoms with Crippen molar-refractivity contribution in [3.63, 3.8) is 0 Å². The Kier molecular flexibility index (Phi) is 5.50. The van der Waals surface area contributed by atoms with Gasteiger partial charge in [0.25, 0.3) is 5.56 Å². The van der Waals surface area contributed by atoms with Crippen LogP contribution in [-0.4, -0.2) is 54.5 Å². The molecular weight excluding hydrogens is 316 g/mol. The first kappa shape index (κ1) is 17.2. The van der Waals surface area contributed by atoms with E-state index in [1.807, 2.05) is 18.2 Å². The minimum Gasteiger partial charge on any atom is -0.496 e. The molecule has 2 heterocycles. The number of nitrogens with zero attached hydrogens (tertiary/aromatic N) is 4. The van der Waals surface area contributed by atoms with Gasteiger partial charge in [0.1, 0.15) is 5.75 Å². The highest BCUT2D eigenvalue weighted by molar-refractivity contribution is 5.57. The maximum atomic E-state index is 11.7. The topological polar surface area (TPSA) is 50.6 Å². The van der Waals surface area contributed by atoms with Gasteiger partial charge in [-0.15, -0.1) is 0 Å². The molecule has 1 aliphatic heterocycles. The number of piperazine rings is 1. The van der Waals surface area contributed by atoms with Crippen LogP contribution in [0.3, 0.4) is 0 Å². The lowest BCUT2D eigenvalue weighted by Crippen LogP contribution is -2.46. The van der Waals surface area contributed by atoms with Gasteiger partial charge in [0, 0.05) is 51.4 Å². The molecular formula is C19H24N4O2. The zero-order valence-electron chi connectivity index (χ0n) is 14.8. The Morgan fingerprint density at radius 3 is 2.68 bits per heavy atom. The highest BCUT2D eigenvalue weighted by atomic mass is 16.5. The van der Waals surface area contributed by atoms with E-state index in [9.17, 15) is 4.79 Å². The first-order valence-electron chi connectivity index (χ1n) is 8.47. The van der Waals surface area contributed by atoms with E-state index >= 15 is 0 Å². The third-order valence-corrected chi connectivity index (χ3v) is 4.49. The number of anilines is 1. The minimum atomic E-state index is -0.0697. The van der Waals surface area contributed by atoms with Crippen molar-refractivity contribution in [1.82, 2.24) is 14.7 Å². The van der Waals surface area contributed by atoms with Crippen LogP contribution >= 0.6 is 0 Å². The number of aryl methyl sites for hydroxylation is 1. The second-order valence-corrected chi connectivity index (χ2v) is 6.11. The summed E-state index contributed by atoms with van der Waals surface area (Å²) in [4.78, 5) is 16.3. The SMILES string of the molecule is COc1ccccc1/C=C/CN1CCN(c2cnn(C)c(=O)c2)CC1. The molecule has 0 unspecified atom stereocenters. The highest BCUT2D eigenvalue weighted by Gasteiger charge is 2.17. The molecule has 132 valence electrons. The van der Waals surface area contributed by atoms with Gasteiger partial charge in [-0.25, -0.2) is 4.68 Å². The van der Waals surface area contributed by atoms with Crippen LogP contribution < -0.4 is 15.2 Å². The van der Waals surface area contributed by atoms with E-state index in [4.69, 9.17) is 4.74 Å². The Hall–Kier alpha value is -2.60. The van der Waals surface area contributed by atoms with Crippen molar-refractivity contribution in [2.45, 2.75) is 0 Å². The number of hydrogen-bond acceptors (Lipinski definition) is 5. The zero-order valence-corrected chi connectivity index (χ0v) is 14.8. The number of para-hydroxylation sites is 1. The van der Waals surface area contributed by atoms with Crippen molar-refractivity contribution in [1.29, 1.82) is 0 Å². The second-order valence-electron chi connectivity index (χ2n) is 6.11. The molecule has 1 aromatic heterocycles. The van der Waals surface area contributed by atoms with Gasteiger partial charge in [-0.05, 0) is 6.07 Å². The molecule has 0 bridgehead atoms. The first-order chi connectivity index (χ1) is 12.2. The Balaban J connectivity index is 1.53. The summed E-state index contributed by atoms with van der Waals surface area (Å²) in [5.74, 6) is 0.890. The summed E-state index contributed by atoms with van der Waals surface area (Å²) >= 11 is 0. The molecule has 3 rings (SSSR count). The van der Waals surface area contributed by atoms with E-state index in [2.05, 4.69) is 33.1 Å². The Morgan fingerprint density at radius 2 is 1.96 bits per heavy atom. The van der Waals surface area contributed by atoms with Gasteiger partial charge in [0.2, 0.25) is 0 Å². The molecule has 2 aromatic rings. The van der Waals surface area contributed by atoms with Gasteiger partial charge in [0.05, 0.1) is 19.0 Å². The van der Waals surface area contributed by atoms with Crippen molar-refractivity contribution in [2.24, 2.45) is 7.05 Å². The van der Waals surface area contributed by atoms with E-state index in [1.54, 1.807) is 26.4 Å². The van der Waals surface area contributed by atoms with E-state index in [-0.39, 0.29) is 5.56 Å². The summed E-state index contributed by atoms with van der Waals surface area (Å²) in [6.45, 7) is 4.63. The van der Waals surface area contributed by atoms with E-state index in [0.717, 1.165) is 49.7 Å². The van der Waals surface area contributed by atoms with Crippen LogP contribution in [0.4, 0.5) is 5.69 Å². The summed E-state index contributed by atoms with van der Waals surface area (Å²) in [6.07, 6.45) is 6.04. The molecule has 0 aliphatic carbocycles. The summed E-state index contributed by atoms with van der Waals surface area (Å²) < 4.78 is 6.71. The quantitative estimate of drug-likeness (QED) is 0.828. The maximum absolute atomic E-state index is 11.7. The highest BCUT2D eigenvalue weighted by Crippen LogP contribution is 2.19. The predicted molar refractivity (Wildman–Crippen MR) is 100 cm³/mol. The van der Waals surface area contributed by atoms with Crippen molar-refractivity contribution >= 4 is 11.8 Å². The number of benzene rings is 1. The van der Waals surface area contributed by atoms with Crippen LogP contribution in [0.15, 0.2) is 47.4 Å². The van der Waals surface area contributed by atoms with E-state index < -0.39 is 0 Å². The van der Waals surface area contributed by atoms with Gasteiger partial charge in [0.15, 0.2) is 0 Å². The molecule has 6 nitrogen and oxygen atoms in total. The van der Waals surface area contributed by atoms with Crippen molar-refractivity contribution < 1.29 is 4.74 Å². The van der Waals surface area contributed by atoms with E-state index in [0.29, 0.717) is 0 Å². The largest absolute Gasteiger partial charge is 0.496 e. The van der Waals surface area contributed by atoms with Crippen LogP contribution in [-0.2, 0) is 7.05 Å². The van der Waals surface area contributed by atoms with Gasteiger partial charge >= 0.3 is 0 Å². The van der Waals surface area contributed by atoms with Crippen molar-refractivity contribution in [2.75, 3.05) is 44.7 Å². The first-order valence-corrected chi connectivity index (χ1v) is 8.47. The predicted octanol–water partition coefficient (Wildman–Crippen LogP) is 1.62. The molecule has 1 fully saturated rings. The molecule has 6 heteroatoms. The molecule has 0 saturated carbocycles. The maximum Gasteiger partial charge on any atom is 0.268 e. The summed E-state index contributed by atoms with van der Waals surface area (Å²) in [5, 5.41) is 4.10.